The van der Waals surface area contributed by atoms with Crippen LogP contribution >= 0.6 is 11.9 Å². The van der Waals surface area contributed by atoms with Gasteiger partial charge < -0.3 is 10.2 Å². The molecule has 2 aliphatic rings. The van der Waals surface area contributed by atoms with E-state index in [4.69, 9.17) is 0 Å². The predicted molar refractivity (Wildman–Crippen MR) is 91.8 cm³/mol. The van der Waals surface area contributed by atoms with Crippen molar-refractivity contribution >= 4 is 23.5 Å². The van der Waals surface area contributed by atoms with E-state index in [9.17, 15) is 0 Å². The second-order valence-corrected chi connectivity index (χ2v) is 5.87. The average molecular weight is 297 g/mol. The van der Waals surface area contributed by atoms with Crippen molar-refractivity contribution in [2.75, 3.05) is 12.3 Å². The Morgan fingerprint density at radius 1 is 1.38 bits per heavy atom. The Morgan fingerprint density at radius 3 is 2.95 bits per heavy atom. The predicted octanol–water partition coefficient (Wildman–Crippen LogP) is 3.58. The minimum absolute atomic E-state index is 0.900. The number of hydrogen-bond acceptors (Lipinski definition) is 4. The fourth-order valence-corrected chi connectivity index (χ4v) is 3.04. The first-order valence-corrected chi connectivity index (χ1v) is 8.13. The summed E-state index contributed by atoms with van der Waals surface area (Å²) < 4.78 is 4.54. The molecule has 1 N–H and O–H groups in total. The van der Waals surface area contributed by atoms with E-state index in [0.29, 0.717) is 0 Å². The van der Waals surface area contributed by atoms with Crippen LogP contribution in [0.1, 0.15) is 18.1 Å². The lowest BCUT2D eigenvalue weighted by Crippen LogP contribution is -2.37. The number of rotatable bonds is 4. The summed E-state index contributed by atoms with van der Waals surface area (Å²) >= 11 is 1.61. The van der Waals surface area contributed by atoms with Crippen LogP contribution in [0.15, 0.2) is 59.3 Å². The largest absolute Gasteiger partial charge is 0.352 e. The molecule has 0 atom stereocenters. The first-order valence-electron chi connectivity index (χ1n) is 7.18. The number of allylic oxidation sites excluding steroid dienone is 2. The van der Waals surface area contributed by atoms with Gasteiger partial charge in [-0.3, -0.25) is 0 Å². The molecule has 0 spiro atoms. The van der Waals surface area contributed by atoms with Crippen molar-refractivity contribution in [3.8, 4) is 0 Å². The van der Waals surface area contributed by atoms with Gasteiger partial charge in [0.15, 0.2) is 5.84 Å². The highest BCUT2D eigenvalue weighted by Gasteiger charge is 2.20. The molecule has 0 saturated carbocycles. The maximum atomic E-state index is 4.54. The van der Waals surface area contributed by atoms with Gasteiger partial charge in [-0.25, -0.2) is 0 Å². The number of fused-ring (bicyclic) bond motifs is 1. The minimum Gasteiger partial charge on any atom is -0.352 e. The van der Waals surface area contributed by atoms with E-state index in [0.717, 1.165) is 41.5 Å². The number of hydrogen-bond donors (Lipinski definition) is 1. The smallest absolute Gasteiger partial charge is 0.164 e. The van der Waals surface area contributed by atoms with Gasteiger partial charge in [0.2, 0.25) is 0 Å². The van der Waals surface area contributed by atoms with Gasteiger partial charge in [0, 0.05) is 24.2 Å². The molecule has 1 aromatic carbocycles. The normalized spacial score (nSPS) is 16.9. The molecule has 0 radical (unpaired) electrons. The zero-order valence-electron chi connectivity index (χ0n) is 12.2. The molecule has 1 aromatic rings. The number of nitrogens with one attached hydrogen (secondary N) is 1. The van der Waals surface area contributed by atoms with Gasteiger partial charge in [0.05, 0.1) is 5.70 Å². The van der Waals surface area contributed by atoms with Crippen LogP contribution in [0.4, 0.5) is 0 Å². The molecule has 0 fully saturated rings. The zero-order chi connectivity index (χ0) is 14.7. The summed E-state index contributed by atoms with van der Waals surface area (Å²) in [6.45, 7) is 7.31. The van der Waals surface area contributed by atoms with Gasteiger partial charge in [-0.05, 0) is 41.6 Å². The van der Waals surface area contributed by atoms with Crippen molar-refractivity contribution < 1.29 is 0 Å². The Balaban J connectivity index is 1.76. The lowest BCUT2D eigenvalue weighted by molar-refractivity contribution is 0.584. The van der Waals surface area contributed by atoms with Crippen LogP contribution in [0, 0.1) is 0 Å². The maximum absolute atomic E-state index is 4.54. The van der Waals surface area contributed by atoms with Crippen LogP contribution in [-0.4, -0.2) is 23.0 Å². The van der Waals surface area contributed by atoms with Gasteiger partial charge >= 0.3 is 0 Å². The molecule has 0 aliphatic carbocycles. The van der Waals surface area contributed by atoms with E-state index < -0.39 is 0 Å². The zero-order valence-corrected chi connectivity index (χ0v) is 13.0. The molecule has 2 heterocycles. The Bertz CT molecular complexity index is 626. The summed E-state index contributed by atoms with van der Waals surface area (Å²) in [5.74, 6) is 2.01. The number of benzene rings is 1. The van der Waals surface area contributed by atoms with Crippen molar-refractivity contribution in [2.45, 2.75) is 13.3 Å². The van der Waals surface area contributed by atoms with Crippen molar-refractivity contribution in [2.24, 2.45) is 4.40 Å². The number of amidine groups is 1. The second-order valence-electron chi connectivity index (χ2n) is 5.02. The van der Waals surface area contributed by atoms with Gasteiger partial charge in [0.25, 0.3) is 0 Å². The molecule has 4 heteroatoms. The molecule has 21 heavy (non-hydrogen) atoms. The molecule has 3 rings (SSSR count). The Kier molecular flexibility index (Phi) is 4.15. The summed E-state index contributed by atoms with van der Waals surface area (Å²) in [4.78, 5) is 2.17. The molecular weight excluding hydrogens is 278 g/mol. The highest BCUT2D eigenvalue weighted by molar-refractivity contribution is 7.98. The highest BCUT2D eigenvalue weighted by Crippen LogP contribution is 2.21. The maximum Gasteiger partial charge on any atom is 0.164 e. The third-order valence-corrected chi connectivity index (χ3v) is 4.28. The van der Waals surface area contributed by atoms with E-state index in [1.807, 2.05) is 12.2 Å². The average Bonchev–Trinajstić information content (AvgIpc) is 2.55. The molecular formula is C17H19N3S. The van der Waals surface area contributed by atoms with Crippen molar-refractivity contribution in [1.82, 2.24) is 10.2 Å². The van der Waals surface area contributed by atoms with E-state index in [2.05, 4.69) is 58.6 Å². The lowest BCUT2D eigenvalue weighted by Gasteiger charge is -2.29. The molecule has 2 aliphatic heterocycles. The molecule has 0 unspecified atom stereocenters. The summed E-state index contributed by atoms with van der Waals surface area (Å²) in [7, 11) is 0. The topological polar surface area (TPSA) is 27.6 Å². The third kappa shape index (κ3) is 3.05. The Morgan fingerprint density at radius 2 is 2.19 bits per heavy atom. The van der Waals surface area contributed by atoms with Crippen molar-refractivity contribution in [3.63, 3.8) is 0 Å². The van der Waals surface area contributed by atoms with Crippen LogP contribution in [0.3, 0.4) is 0 Å². The van der Waals surface area contributed by atoms with Crippen LogP contribution in [0.2, 0.25) is 0 Å². The summed E-state index contributed by atoms with van der Waals surface area (Å²) in [6, 6.07) is 8.53. The van der Waals surface area contributed by atoms with Gasteiger partial charge in [-0.15, -0.1) is 0 Å². The Hall–Kier alpha value is -1.94. The van der Waals surface area contributed by atoms with Gasteiger partial charge in [0.1, 0.15) is 0 Å². The Labute approximate surface area is 130 Å². The quantitative estimate of drug-likeness (QED) is 0.861. The van der Waals surface area contributed by atoms with E-state index in [1.165, 1.54) is 5.56 Å². The molecule has 3 nitrogen and oxygen atoms in total. The molecule has 0 saturated heterocycles. The number of aryl methyl sites for hydroxylation is 1. The monoisotopic (exact) mass is 297 g/mol. The lowest BCUT2D eigenvalue weighted by atomic mass is 10.1. The molecule has 0 aromatic heterocycles. The second kappa shape index (κ2) is 6.22. The standard InChI is InChI=1S/C17H19N3S/c1-3-14-6-8-15(9-7-14)13(2)18-16-5-4-10-20-11-12-21-19-17(16)20/h4-10,18H,2-3,11-12H2,1H3. The first-order chi connectivity index (χ1) is 10.3. The number of nitrogens with zero attached hydrogens (tertiary/aromatic N) is 2. The molecule has 108 valence electrons. The van der Waals surface area contributed by atoms with E-state index in [1.54, 1.807) is 11.9 Å². The summed E-state index contributed by atoms with van der Waals surface area (Å²) in [6.07, 6.45) is 7.22. The fourth-order valence-electron chi connectivity index (χ4n) is 2.34. The van der Waals surface area contributed by atoms with Crippen LogP contribution in [0.25, 0.3) is 5.70 Å². The van der Waals surface area contributed by atoms with Gasteiger partial charge in [-0.2, -0.15) is 4.40 Å². The van der Waals surface area contributed by atoms with Crippen LogP contribution < -0.4 is 5.32 Å². The van der Waals surface area contributed by atoms with Crippen molar-refractivity contribution in [3.05, 3.63) is 66.0 Å². The van der Waals surface area contributed by atoms with E-state index in [-0.39, 0.29) is 0 Å². The van der Waals surface area contributed by atoms with E-state index >= 15 is 0 Å². The highest BCUT2D eigenvalue weighted by atomic mass is 32.2. The minimum atomic E-state index is 0.900. The van der Waals surface area contributed by atoms with Crippen LogP contribution in [0.5, 0.6) is 0 Å². The van der Waals surface area contributed by atoms with Gasteiger partial charge in [-0.1, -0.05) is 37.8 Å². The summed E-state index contributed by atoms with van der Waals surface area (Å²) in [5.41, 5.74) is 4.36. The van der Waals surface area contributed by atoms with Crippen molar-refractivity contribution in [1.29, 1.82) is 0 Å². The SMILES string of the molecule is C=C(NC1=CC=CN2CCSN=C12)c1ccc(CC)cc1. The fraction of sp³-hybridized carbons (Fsp3) is 0.235. The first kappa shape index (κ1) is 14.0. The van der Waals surface area contributed by atoms with Crippen LogP contribution in [-0.2, 0) is 6.42 Å². The third-order valence-electron chi connectivity index (χ3n) is 3.61. The molecule has 0 amide bonds. The summed E-state index contributed by atoms with van der Waals surface area (Å²) in [5, 5.41) is 3.40. The molecule has 0 bridgehead atoms.